The summed E-state index contributed by atoms with van der Waals surface area (Å²) in [6.45, 7) is 0. The van der Waals surface area contributed by atoms with E-state index >= 15 is 0 Å². The summed E-state index contributed by atoms with van der Waals surface area (Å²) in [7, 11) is 0. The fourth-order valence-electron chi connectivity index (χ4n) is 1.28. The van der Waals surface area contributed by atoms with Gasteiger partial charge in [-0.15, -0.1) is 0 Å². The number of benzene rings is 1. The first-order valence-corrected chi connectivity index (χ1v) is 5.53. The van der Waals surface area contributed by atoms with Crippen molar-refractivity contribution >= 4 is 28.6 Å². The van der Waals surface area contributed by atoms with E-state index in [0.29, 0.717) is 5.75 Å². The Hall–Kier alpha value is -1.49. The molecule has 0 aromatic heterocycles. The number of carbonyl (C=O) groups excluding carboxylic acids is 2. The van der Waals surface area contributed by atoms with E-state index in [1.54, 1.807) is 0 Å². The maximum atomic E-state index is 11.6. The molecule has 0 saturated carbocycles. The highest BCUT2D eigenvalue weighted by molar-refractivity contribution is 8.14. The van der Waals surface area contributed by atoms with Crippen molar-refractivity contribution in [3.8, 4) is 0 Å². The van der Waals surface area contributed by atoms with Crippen molar-refractivity contribution < 1.29 is 9.59 Å². The molecule has 4 nitrogen and oxygen atoms in total. The molecular weight excluding hydrogens is 212 g/mol. The van der Waals surface area contributed by atoms with E-state index < -0.39 is 6.04 Å². The van der Waals surface area contributed by atoms with Gasteiger partial charge in [-0.2, -0.15) is 0 Å². The minimum absolute atomic E-state index is 0.136. The van der Waals surface area contributed by atoms with Gasteiger partial charge in [0.15, 0.2) is 0 Å². The van der Waals surface area contributed by atoms with Crippen LogP contribution in [0.1, 0.15) is 0 Å². The molecule has 1 heterocycles. The summed E-state index contributed by atoms with van der Waals surface area (Å²) in [5, 5.41) is 5.19. The standard InChI is InChI=1S/C10H10N2O2S/c13-9(8-6-15-10(14)12-8)11-7-4-2-1-3-5-7/h1-5,8H,6H2,(H,11,13)(H,12,14)/t8-/m1/s1. The number of amides is 2. The van der Waals surface area contributed by atoms with E-state index in [0.717, 1.165) is 17.4 Å². The second-order valence-corrected chi connectivity index (χ2v) is 4.14. The van der Waals surface area contributed by atoms with Crippen LogP contribution in [0, 0.1) is 0 Å². The monoisotopic (exact) mass is 222 g/mol. The van der Waals surface area contributed by atoms with E-state index in [-0.39, 0.29) is 11.1 Å². The van der Waals surface area contributed by atoms with E-state index in [1.807, 2.05) is 30.3 Å². The highest BCUT2D eigenvalue weighted by Crippen LogP contribution is 2.14. The van der Waals surface area contributed by atoms with Gasteiger partial charge in [-0.25, -0.2) is 0 Å². The van der Waals surface area contributed by atoms with Crippen molar-refractivity contribution in [3.05, 3.63) is 30.3 Å². The summed E-state index contributed by atoms with van der Waals surface area (Å²) >= 11 is 1.13. The van der Waals surface area contributed by atoms with Crippen LogP contribution in [0.15, 0.2) is 30.3 Å². The van der Waals surface area contributed by atoms with Crippen LogP contribution in [0.5, 0.6) is 0 Å². The van der Waals surface area contributed by atoms with Gasteiger partial charge in [-0.3, -0.25) is 9.59 Å². The lowest BCUT2D eigenvalue weighted by Gasteiger charge is -2.09. The largest absolute Gasteiger partial charge is 0.334 e. The number of para-hydroxylation sites is 1. The molecule has 1 aliphatic heterocycles. The molecule has 1 saturated heterocycles. The molecule has 0 unspecified atom stereocenters. The minimum atomic E-state index is -0.414. The quantitative estimate of drug-likeness (QED) is 0.796. The van der Waals surface area contributed by atoms with Crippen molar-refractivity contribution in [2.24, 2.45) is 0 Å². The van der Waals surface area contributed by atoms with Crippen LogP contribution in [-0.4, -0.2) is 22.9 Å². The summed E-state index contributed by atoms with van der Waals surface area (Å²) in [6, 6.07) is 8.77. The van der Waals surface area contributed by atoms with Crippen LogP contribution in [0.3, 0.4) is 0 Å². The second kappa shape index (κ2) is 4.35. The highest BCUT2D eigenvalue weighted by atomic mass is 32.2. The van der Waals surface area contributed by atoms with Crippen LogP contribution in [0.4, 0.5) is 10.5 Å². The molecule has 0 aliphatic carbocycles. The lowest BCUT2D eigenvalue weighted by Crippen LogP contribution is -2.38. The van der Waals surface area contributed by atoms with Crippen molar-refractivity contribution in [3.63, 3.8) is 0 Å². The molecule has 0 radical (unpaired) electrons. The van der Waals surface area contributed by atoms with Crippen LogP contribution in [0.25, 0.3) is 0 Å². The Balaban J connectivity index is 1.96. The molecule has 2 N–H and O–H groups in total. The molecule has 78 valence electrons. The molecule has 1 aromatic rings. The smallest absolute Gasteiger partial charge is 0.279 e. The zero-order chi connectivity index (χ0) is 10.7. The SMILES string of the molecule is O=C1N[C@@H](C(=O)Nc2ccccc2)CS1. The summed E-state index contributed by atoms with van der Waals surface area (Å²) in [4.78, 5) is 22.5. The van der Waals surface area contributed by atoms with E-state index in [4.69, 9.17) is 0 Å². The number of thioether (sulfide) groups is 1. The molecule has 15 heavy (non-hydrogen) atoms. The third-order valence-electron chi connectivity index (χ3n) is 2.03. The molecule has 1 atom stereocenters. The van der Waals surface area contributed by atoms with Gasteiger partial charge in [-0.1, -0.05) is 30.0 Å². The zero-order valence-corrected chi connectivity index (χ0v) is 8.71. The Morgan fingerprint density at radius 1 is 1.40 bits per heavy atom. The number of nitrogens with one attached hydrogen (secondary N) is 2. The number of carbonyl (C=O) groups is 2. The first-order chi connectivity index (χ1) is 7.25. The lowest BCUT2D eigenvalue weighted by atomic mass is 10.3. The molecule has 5 heteroatoms. The number of rotatable bonds is 2. The fourth-order valence-corrected chi connectivity index (χ4v) is 2.06. The van der Waals surface area contributed by atoms with Crippen molar-refractivity contribution in [1.82, 2.24) is 5.32 Å². The highest BCUT2D eigenvalue weighted by Gasteiger charge is 2.27. The molecule has 2 amide bonds. The van der Waals surface area contributed by atoms with Crippen molar-refractivity contribution in [2.75, 3.05) is 11.1 Å². The Labute approximate surface area is 91.4 Å². The average Bonchev–Trinajstić information content (AvgIpc) is 2.66. The van der Waals surface area contributed by atoms with Crippen LogP contribution < -0.4 is 10.6 Å². The maximum Gasteiger partial charge on any atom is 0.279 e. The van der Waals surface area contributed by atoms with E-state index in [9.17, 15) is 9.59 Å². The molecule has 1 aliphatic rings. The normalized spacial score (nSPS) is 19.7. The molecule has 0 bridgehead atoms. The van der Waals surface area contributed by atoms with E-state index in [2.05, 4.69) is 10.6 Å². The molecule has 1 aromatic carbocycles. The summed E-state index contributed by atoms with van der Waals surface area (Å²) in [6.07, 6.45) is 0. The Morgan fingerprint density at radius 2 is 2.13 bits per heavy atom. The number of hydrogen-bond donors (Lipinski definition) is 2. The van der Waals surface area contributed by atoms with Crippen molar-refractivity contribution in [1.29, 1.82) is 0 Å². The average molecular weight is 222 g/mol. The lowest BCUT2D eigenvalue weighted by molar-refractivity contribution is -0.117. The second-order valence-electron chi connectivity index (χ2n) is 3.15. The van der Waals surface area contributed by atoms with Gasteiger partial charge in [0.2, 0.25) is 5.91 Å². The van der Waals surface area contributed by atoms with Crippen LogP contribution in [-0.2, 0) is 4.79 Å². The fraction of sp³-hybridized carbons (Fsp3) is 0.200. The van der Waals surface area contributed by atoms with Gasteiger partial charge < -0.3 is 10.6 Å². The summed E-state index contributed by atoms with van der Waals surface area (Å²) in [5.41, 5.74) is 0.744. The Bertz CT molecular complexity index is 380. The zero-order valence-electron chi connectivity index (χ0n) is 7.90. The predicted octanol–water partition coefficient (Wildman–Crippen LogP) is 1.45. The minimum Gasteiger partial charge on any atom is -0.334 e. The third-order valence-corrected chi connectivity index (χ3v) is 2.91. The van der Waals surface area contributed by atoms with Crippen molar-refractivity contribution in [2.45, 2.75) is 6.04 Å². The number of anilines is 1. The Morgan fingerprint density at radius 3 is 2.73 bits per heavy atom. The topological polar surface area (TPSA) is 58.2 Å². The van der Waals surface area contributed by atoms with Gasteiger partial charge in [0, 0.05) is 11.4 Å². The predicted molar refractivity (Wildman–Crippen MR) is 59.8 cm³/mol. The van der Waals surface area contributed by atoms with Gasteiger partial charge in [0.05, 0.1) is 0 Å². The summed E-state index contributed by atoms with van der Waals surface area (Å²) < 4.78 is 0. The molecule has 2 rings (SSSR count). The van der Waals surface area contributed by atoms with Crippen LogP contribution in [0.2, 0.25) is 0 Å². The summed E-state index contributed by atoms with van der Waals surface area (Å²) in [5.74, 6) is 0.330. The first-order valence-electron chi connectivity index (χ1n) is 4.55. The van der Waals surface area contributed by atoms with Gasteiger partial charge in [0.1, 0.15) is 6.04 Å². The van der Waals surface area contributed by atoms with Crippen LogP contribution >= 0.6 is 11.8 Å². The third kappa shape index (κ3) is 2.50. The molecular formula is C10H10N2O2S. The van der Waals surface area contributed by atoms with Gasteiger partial charge in [-0.05, 0) is 12.1 Å². The maximum absolute atomic E-state index is 11.6. The number of hydrogen-bond acceptors (Lipinski definition) is 3. The first kappa shape index (κ1) is 10.0. The molecule has 1 fully saturated rings. The van der Waals surface area contributed by atoms with Gasteiger partial charge in [0.25, 0.3) is 5.24 Å². The molecule has 0 spiro atoms. The Kier molecular flexibility index (Phi) is 2.91. The van der Waals surface area contributed by atoms with Gasteiger partial charge >= 0.3 is 0 Å². The van der Waals surface area contributed by atoms with E-state index in [1.165, 1.54) is 0 Å².